The summed E-state index contributed by atoms with van der Waals surface area (Å²) in [4.78, 5) is 6.58. The molecule has 0 fully saturated rings. The Kier molecular flexibility index (Phi) is 7.28. The van der Waals surface area contributed by atoms with E-state index in [1.807, 2.05) is 37.0 Å². The van der Waals surface area contributed by atoms with Crippen LogP contribution in [-0.2, 0) is 13.6 Å². The Balaban J connectivity index is 2.03. The SMILES string of the molecule is CN=C(NCC(C)c1ccccc1OC)N(C)Cc1cn(C)nc1C(C)C. The topological polar surface area (TPSA) is 54.7 Å². The maximum atomic E-state index is 5.49. The summed E-state index contributed by atoms with van der Waals surface area (Å²) in [6, 6.07) is 8.16. The van der Waals surface area contributed by atoms with Gasteiger partial charge in [0.1, 0.15) is 5.75 Å². The van der Waals surface area contributed by atoms with Crippen LogP contribution in [0.3, 0.4) is 0 Å². The molecule has 2 aromatic rings. The van der Waals surface area contributed by atoms with Gasteiger partial charge in [-0.25, -0.2) is 0 Å². The van der Waals surface area contributed by atoms with Crippen molar-refractivity contribution in [3.63, 3.8) is 0 Å². The standard InChI is InChI=1S/C21H33N5O/c1-15(2)20-17(14-26(6)24-20)13-25(5)21(22-4)23-12-16(3)18-10-8-9-11-19(18)27-7/h8-11,14-16H,12-13H2,1-7H3,(H,22,23). The maximum absolute atomic E-state index is 5.49. The highest BCUT2D eigenvalue weighted by Crippen LogP contribution is 2.25. The van der Waals surface area contributed by atoms with Crippen LogP contribution in [0.25, 0.3) is 0 Å². The molecule has 6 heteroatoms. The molecule has 0 aliphatic rings. The van der Waals surface area contributed by atoms with Crippen LogP contribution >= 0.6 is 0 Å². The number of hydrogen-bond donors (Lipinski definition) is 1. The Morgan fingerprint density at radius 1 is 1.30 bits per heavy atom. The number of aryl methyl sites for hydroxylation is 1. The number of rotatable bonds is 7. The van der Waals surface area contributed by atoms with Gasteiger partial charge in [-0.3, -0.25) is 9.67 Å². The van der Waals surface area contributed by atoms with Crippen molar-refractivity contribution in [2.75, 3.05) is 27.7 Å². The van der Waals surface area contributed by atoms with E-state index >= 15 is 0 Å². The van der Waals surface area contributed by atoms with E-state index in [1.165, 1.54) is 11.1 Å². The van der Waals surface area contributed by atoms with Crippen molar-refractivity contribution in [3.8, 4) is 5.75 Å². The maximum Gasteiger partial charge on any atom is 0.193 e. The minimum Gasteiger partial charge on any atom is -0.496 e. The number of hydrogen-bond acceptors (Lipinski definition) is 3. The largest absolute Gasteiger partial charge is 0.496 e. The average molecular weight is 372 g/mol. The van der Waals surface area contributed by atoms with Crippen molar-refractivity contribution in [1.29, 1.82) is 0 Å². The van der Waals surface area contributed by atoms with Crippen molar-refractivity contribution in [2.45, 2.75) is 39.2 Å². The van der Waals surface area contributed by atoms with Crippen molar-refractivity contribution in [2.24, 2.45) is 12.0 Å². The predicted molar refractivity (Wildman–Crippen MR) is 112 cm³/mol. The fourth-order valence-corrected chi connectivity index (χ4v) is 3.31. The molecule has 1 aromatic heterocycles. The smallest absolute Gasteiger partial charge is 0.193 e. The van der Waals surface area contributed by atoms with Crippen LogP contribution in [0, 0.1) is 0 Å². The monoisotopic (exact) mass is 371 g/mol. The van der Waals surface area contributed by atoms with E-state index in [-0.39, 0.29) is 0 Å². The molecule has 6 nitrogen and oxygen atoms in total. The molecular weight excluding hydrogens is 338 g/mol. The first-order valence-electron chi connectivity index (χ1n) is 9.44. The van der Waals surface area contributed by atoms with Gasteiger partial charge in [-0.1, -0.05) is 39.0 Å². The first-order valence-corrected chi connectivity index (χ1v) is 9.44. The Morgan fingerprint density at radius 3 is 2.63 bits per heavy atom. The molecule has 0 radical (unpaired) electrons. The first kappa shape index (κ1) is 20.8. The zero-order chi connectivity index (χ0) is 20.0. The molecule has 1 heterocycles. The number of nitrogens with one attached hydrogen (secondary N) is 1. The summed E-state index contributed by atoms with van der Waals surface area (Å²) in [6.45, 7) is 8.09. The van der Waals surface area contributed by atoms with Crippen LogP contribution in [-0.4, -0.2) is 48.4 Å². The Bertz CT molecular complexity index is 766. The number of aliphatic imine (C=N–C) groups is 1. The molecule has 0 aliphatic heterocycles. The van der Waals surface area contributed by atoms with E-state index in [0.717, 1.165) is 30.5 Å². The van der Waals surface area contributed by atoms with Crippen LogP contribution in [0.15, 0.2) is 35.5 Å². The van der Waals surface area contributed by atoms with Crippen LogP contribution in [0.2, 0.25) is 0 Å². The number of methoxy groups -OCH3 is 1. The lowest BCUT2D eigenvalue weighted by molar-refractivity contribution is 0.405. The van der Waals surface area contributed by atoms with E-state index in [2.05, 4.69) is 60.4 Å². The van der Waals surface area contributed by atoms with E-state index in [0.29, 0.717) is 11.8 Å². The molecule has 0 saturated heterocycles. The highest BCUT2D eigenvalue weighted by Gasteiger charge is 2.16. The molecule has 27 heavy (non-hydrogen) atoms. The molecule has 0 aliphatic carbocycles. The molecule has 1 atom stereocenters. The third-order valence-electron chi connectivity index (χ3n) is 4.70. The minimum absolute atomic E-state index is 0.302. The Labute approximate surface area is 163 Å². The average Bonchev–Trinajstić information content (AvgIpc) is 3.02. The molecule has 1 N–H and O–H groups in total. The highest BCUT2D eigenvalue weighted by atomic mass is 16.5. The predicted octanol–water partition coefficient (Wildman–Crippen LogP) is 3.36. The summed E-state index contributed by atoms with van der Waals surface area (Å²) in [7, 11) is 7.56. The first-order chi connectivity index (χ1) is 12.9. The molecular formula is C21H33N5O. The van der Waals surface area contributed by atoms with Crippen molar-refractivity contribution in [3.05, 3.63) is 47.3 Å². The number of aromatic nitrogens is 2. The van der Waals surface area contributed by atoms with Gasteiger partial charge in [-0.2, -0.15) is 5.10 Å². The van der Waals surface area contributed by atoms with Crippen LogP contribution in [0.4, 0.5) is 0 Å². The molecule has 0 amide bonds. The molecule has 1 aromatic carbocycles. The second-order valence-corrected chi connectivity index (χ2v) is 7.30. The van der Waals surface area contributed by atoms with Gasteiger partial charge in [0.15, 0.2) is 5.96 Å². The van der Waals surface area contributed by atoms with Gasteiger partial charge in [0, 0.05) is 51.9 Å². The van der Waals surface area contributed by atoms with Gasteiger partial charge in [-0.05, 0) is 17.5 Å². The Hall–Kier alpha value is -2.50. The summed E-state index contributed by atoms with van der Waals surface area (Å²) in [5.74, 6) is 2.49. The lowest BCUT2D eigenvalue weighted by atomic mass is 10.0. The molecule has 2 rings (SSSR count). The summed E-state index contributed by atoms with van der Waals surface area (Å²) in [6.07, 6.45) is 2.09. The van der Waals surface area contributed by atoms with E-state index in [4.69, 9.17) is 4.74 Å². The lowest BCUT2D eigenvalue weighted by Gasteiger charge is -2.24. The second kappa shape index (κ2) is 9.44. The Morgan fingerprint density at radius 2 is 2.00 bits per heavy atom. The van der Waals surface area contributed by atoms with Crippen molar-refractivity contribution in [1.82, 2.24) is 20.0 Å². The number of nitrogens with zero attached hydrogens (tertiary/aromatic N) is 4. The third kappa shape index (κ3) is 5.25. The van der Waals surface area contributed by atoms with Crippen LogP contribution < -0.4 is 10.1 Å². The summed E-state index contributed by atoms with van der Waals surface area (Å²) < 4.78 is 7.37. The number of ether oxygens (including phenoxy) is 1. The fourth-order valence-electron chi connectivity index (χ4n) is 3.31. The fraction of sp³-hybridized carbons (Fsp3) is 0.524. The van der Waals surface area contributed by atoms with Gasteiger partial charge < -0.3 is 15.0 Å². The number of guanidine groups is 1. The molecule has 148 valence electrons. The zero-order valence-electron chi connectivity index (χ0n) is 17.7. The zero-order valence-corrected chi connectivity index (χ0v) is 17.7. The van der Waals surface area contributed by atoms with E-state index < -0.39 is 0 Å². The molecule has 1 unspecified atom stereocenters. The molecule has 0 saturated carbocycles. The lowest BCUT2D eigenvalue weighted by Crippen LogP contribution is -2.40. The van der Waals surface area contributed by atoms with Crippen molar-refractivity contribution < 1.29 is 4.74 Å². The van der Waals surface area contributed by atoms with Crippen LogP contribution in [0.5, 0.6) is 5.75 Å². The van der Waals surface area contributed by atoms with E-state index in [9.17, 15) is 0 Å². The third-order valence-corrected chi connectivity index (χ3v) is 4.70. The second-order valence-electron chi connectivity index (χ2n) is 7.30. The molecule has 0 bridgehead atoms. The minimum atomic E-state index is 0.302. The number of benzene rings is 1. The summed E-state index contributed by atoms with van der Waals surface area (Å²) >= 11 is 0. The van der Waals surface area contributed by atoms with Gasteiger partial charge in [0.25, 0.3) is 0 Å². The van der Waals surface area contributed by atoms with Gasteiger partial charge in [-0.15, -0.1) is 0 Å². The normalized spacial score (nSPS) is 13.0. The van der Waals surface area contributed by atoms with Gasteiger partial charge >= 0.3 is 0 Å². The summed E-state index contributed by atoms with van der Waals surface area (Å²) in [5, 5.41) is 8.08. The van der Waals surface area contributed by atoms with Crippen LogP contribution in [0.1, 0.15) is 49.4 Å². The number of para-hydroxylation sites is 1. The van der Waals surface area contributed by atoms with Gasteiger partial charge in [0.2, 0.25) is 0 Å². The van der Waals surface area contributed by atoms with Crippen molar-refractivity contribution >= 4 is 5.96 Å². The van der Waals surface area contributed by atoms with E-state index in [1.54, 1.807) is 7.11 Å². The highest BCUT2D eigenvalue weighted by molar-refractivity contribution is 5.79. The quantitative estimate of drug-likeness (QED) is 0.599. The van der Waals surface area contributed by atoms with Gasteiger partial charge in [0.05, 0.1) is 12.8 Å². The molecule has 0 spiro atoms. The summed E-state index contributed by atoms with van der Waals surface area (Å²) in [5.41, 5.74) is 3.57.